The summed E-state index contributed by atoms with van der Waals surface area (Å²) in [6.45, 7) is 5.25. The summed E-state index contributed by atoms with van der Waals surface area (Å²) in [6, 6.07) is 0. The summed E-state index contributed by atoms with van der Waals surface area (Å²) >= 11 is 0. The van der Waals surface area contributed by atoms with Gasteiger partial charge in [0.1, 0.15) is 0 Å². The Hall–Kier alpha value is -0.610. The van der Waals surface area contributed by atoms with Crippen molar-refractivity contribution in [3.8, 4) is 0 Å². The van der Waals surface area contributed by atoms with E-state index in [4.69, 9.17) is 5.73 Å². The van der Waals surface area contributed by atoms with Gasteiger partial charge in [-0.1, -0.05) is 39.5 Å². The Labute approximate surface area is 111 Å². The van der Waals surface area contributed by atoms with Crippen LogP contribution in [0.25, 0.3) is 0 Å². The molecule has 0 rings (SSSR count). The fourth-order valence-electron chi connectivity index (χ4n) is 2.09. The second kappa shape index (κ2) is 11.5. The number of aliphatic hydroxyl groups is 1. The summed E-state index contributed by atoms with van der Waals surface area (Å²) in [6.07, 6.45) is 6.14. The van der Waals surface area contributed by atoms with E-state index in [0.717, 1.165) is 45.1 Å². The van der Waals surface area contributed by atoms with Crippen LogP contribution in [0.15, 0.2) is 0 Å². The van der Waals surface area contributed by atoms with Crippen LogP contribution in [0.1, 0.15) is 58.8 Å². The normalized spacial score (nSPS) is 12.7. The second-order valence-electron chi connectivity index (χ2n) is 4.90. The van der Waals surface area contributed by atoms with Gasteiger partial charge in [0, 0.05) is 13.0 Å². The van der Waals surface area contributed by atoms with E-state index in [2.05, 4.69) is 19.2 Å². The third-order valence-corrected chi connectivity index (χ3v) is 3.46. The van der Waals surface area contributed by atoms with Gasteiger partial charge in [0.25, 0.3) is 0 Å². The molecule has 108 valence electrons. The third kappa shape index (κ3) is 8.48. The number of amides is 1. The highest BCUT2D eigenvalue weighted by atomic mass is 16.3. The van der Waals surface area contributed by atoms with Crippen molar-refractivity contribution in [3.05, 3.63) is 0 Å². The van der Waals surface area contributed by atoms with Crippen LogP contribution in [0, 0.1) is 5.92 Å². The van der Waals surface area contributed by atoms with Crippen LogP contribution >= 0.6 is 0 Å². The van der Waals surface area contributed by atoms with Crippen LogP contribution in [-0.2, 0) is 4.79 Å². The zero-order valence-electron chi connectivity index (χ0n) is 12.0. The quantitative estimate of drug-likeness (QED) is 0.495. The average Bonchev–Trinajstić information content (AvgIpc) is 2.37. The molecule has 0 spiro atoms. The van der Waals surface area contributed by atoms with Crippen LogP contribution in [0.5, 0.6) is 0 Å². The van der Waals surface area contributed by atoms with E-state index >= 15 is 0 Å². The molecule has 0 aromatic rings. The van der Waals surface area contributed by atoms with Crippen LogP contribution in [0.3, 0.4) is 0 Å². The van der Waals surface area contributed by atoms with Gasteiger partial charge >= 0.3 is 0 Å². The van der Waals surface area contributed by atoms with E-state index in [1.54, 1.807) is 0 Å². The molecule has 0 radical (unpaired) electrons. The van der Waals surface area contributed by atoms with Crippen LogP contribution in [0.4, 0.5) is 0 Å². The maximum absolute atomic E-state index is 11.5. The van der Waals surface area contributed by atoms with Gasteiger partial charge in [-0.15, -0.1) is 0 Å². The molecular formula is C14H30N2O2. The molecule has 0 fully saturated rings. The lowest BCUT2D eigenvalue weighted by atomic mass is 9.96. The fourth-order valence-corrected chi connectivity index (χ4v) is 2.09. The standard InChI is InChI=1S/C14H30N2O2/c1-3-12(4-2)13(17)11-16-14(18)9-7-5-6-8-10-15/h12-13,17H,3-11,15H2,1-2H3,(H,16,18). The topological polar surface area (TPSA) is 75.3 Å². The molecule has 0 aromatic heterocycles. The van der Waals surface area contributed by atoms with Crippen molar-refractivity contribution in [2.24, 2.45) is 11.7 Å². The largest absolute Gasteiger partial charge is 0.391 e. The molecule has 4 heteroatoms. The third-order valence-electron chi connectivity index (χ3n) is 3.46. The molecule has 0 aliphatic carbocycles. The monoisotopic (exact) mass is 258 g/mol. The van der Waals surface area contributed by atoms with Gasteiger partial charge in [-0.25, -0.2) is 0 Å². The van der Waals surface area contributed by atoms with Crippen molar-refractivity contribution in [2.45, 2.75) is 64.9 Å². The summed E-state index contributed by atoms with van der Waals surface area (Å²) in [4.78, 5) is 11.5. The van der Waals surface area contributed by atoms with E-state index in [0.29, 0.717) is 13.0 Å². The first-order valence-corrected chi connectivity index (χ1v) is 7.30. The predicted octanol–water partition coefficient (Wildman–Crippen LogP) is 1.81. The van der Waals surface area contributed by atoms with E-state index < -0.39 is 6.10 Å². The van der Waals surface area contributed by atoms with Gasteiger partial charge in [-0.3, -0.25) is 4.79 Å². The molecular weight excluding hydrogens is 228 g/mol. The highest BCUT2D eigenvalue weighted by molar-refractivity contribution is 5.75. The van der Waals surface area contributed by atoms with Crippen molar-refractivity contribution in [1.82, 2.24) is 5.32 Å². The molecule has 4 N–H and O–H groups in total. The number of carbonyl (C=O) groups is 1. The zero-order chi connectivity index (χ0) is 13.8. The number of nitrogens with one attached hydrogen (secondary N) is 1. The van der Waals surface area contributed by atoms with Gasteiger partial charge in [0.05, 0.1) is 6.10 Å². The van der Waals surface area contributed by atoms with Gasteiger partial charge in [-0.05, 0) is 25.3 Å². The van der Waals surface area contributed by atoms with Gasteiger partial charge in [0.15, 0.2) is 0 Å². The smallest absolute Gasteiger partial charge is 0.220 e. The Bertz CT molecular complexity index is 206. The SMILES string of the molecule is CCC(CC)C(O)CNC(=O)CCCCCCN. The molecule has 0 saturated heterocycles. The van der Waals surface area contributed by atoms with Crippen LogP contribution in [-0.4, -0.2) is 30.2 Å². The van der Waals surface area contributed by atoms with Gasteiger partial charge < -0.3 is 16.2 Å². The molecule has 18 heavy (non-hydrogen) atoms. The Morgan fingerprint density at radius 2 is 1.78 bits per heavy atom. The maximum atomic E-state index is 11.5. The molecule has 4 nitrogen and oxygen atoms in total. The summed E-state index contributed by atoms with van der Waals surface area (Å²) in [7, 11) is 0. The number of nitrogens with two attached hydrogens (primary N) is 1. The molecule has 0 heterocycles. The molecule has 0 aliphatic heterocycles. The number of hydrogen-bond acceptors (Lipinski definition) is 3. The number of unbranched alkanes of at least 4 members (excludes halogenated alkanes) is 3. The molecule has 0 bridgehead atoms. The number of rotatable bonds is 11. The van der Waals surface area contributed by atoms with Gasteiger partial charge in [0.2, 0.25) is 5.91 Å². The highest BCUT2D eigenvalue weighted by Crippen LogP contribution is 2.12. The Morgan fingerprint density at radius 3 is 2.33 bits per heavy atom. The lowest BCUT2D eigenvalue weighted by molar-refractivity contribution is -0.121. The summed E-state index contributed by atoms with van der Waals surface area (Å²) in [5.74, 6) is 0.336. The van der Waals surface area contributed by atoms with Crippen LogP contribution < -0.4 is 11.1 Å². The van der Waals surface area contributed by atoms with Crippen molar-refractivity contribution >= 4 is 5.91 Å². The summed E-state index contributed by atoms with van der Waals surface area (Å²) < 4.78 is 0. The molecule has 0 aliphatic rings. The average molecular weight is 258 g/mol. The fraction of sp³-hybridized carbons (Fsp3) is 0.929. The Balaban J connectivity index is 3.57. The lowest BCUT2D eigenvalue weighted by Crippen LogP contribution is -2.35. The van der Waals surface area contributed by atoms with Crippen molar-refractivity contribution < 1.29 is 9.90 Å². The van der Waals surface area contributed by atoms with E-state index in [9.17, 15) is 9.90 Å². The summed E-state index contributed by atoms with van der Waals surface area (Å²) in [5, 5.41) is 12.7. The Morgan fingerprint density at radius 1 is 1.17 bits per heavy atom. The number of aliphatic hydroxyl groups excluding tert-OH is 1. The molecule has 0 saturated carbocycles. The predicted molar refractivity (Wildman–Crippen MR) is 75.2 cm³/mol. The number of hydrogen-bond donors (Lipinski definition) is 3. The number of carbonyl (C=O) groups excluding carboxylic acids is 1. The van der Waals surface area contributed by atoms with E-state index in [-0.39, 0.29) is 11.8 Å². The molecule has 1 unspecified atom stereocenters. The van der Waals surface area contributed by atoms with Gasteiger partial charge in [-0.2, -0.15) is 0 Å². The molecule has 1 atom stereocenters. The molecule has 0 aromatic carbocycles. The van der Waals surface area contributed by atoms with Crippen molar-refractivity contribution in [3.63, 3.8) is 0 Å². The minimum Gasteiger partial charge on any atom is -0.391 e. The first-order valence-electron chi connectivity index (χ1n) is 7.30. The second-order valence-corrected chi connectivity index (χ2v) is 4.90. The molecule has 1 amide bonds. The first kappa shape index (κ1) is 17.4. The maximum Gasteiger partial charge on any atom is 0.220 e. The minimum atomic E-state index is -0.416. The van der Waals surface area contributed by atoms with Crippen molar-refractivity contribution in [2.75, 3.05) is 13.1 Å². The van der Waals surface area contributed by atoms with Crippen molar-refractivity contribution in [1.29, 1.82) is 0 Å². The first-order chi connectivity index (χ1) is 8.65. The van der Waals surface area contributed by atoms with Crippen LogP contribution in [0.2, 0.25) is 0 Å². The minimum absolute atomic E-state index is 0.0488. The zero-order valence-corrected chi connectivity index (χ0v) is 12.0. The highest BCUT2D eigenvalue weighted by Gasteiger charge is 2.15. The van der Waals surface area contributed by atoms with E-state index in [1.807, 2.05) is 0 Å². The van der Waals surface area contributed by atoms with E-state index in [1.165, 1.54) is 0 Å². The Kier molecular flexibility index (Phi) is 11.1. The lowest BCUT2D eigenvalue weighted by Gasteiger charge is -2.20. The summed E-state index contributed by atoms with van der Waals surface area (Å²) in [5.41, 5.74) is 5.40.